The standard InChI is InChI=1S/C26H34O9/c27-18-7-1-16(2-8-18)5-11-20(29)13-21(30)14-22(12-6-17-3-9-19(28)10-4-17)35-26-25(33)24(32)23(31)15-34-26/h1-4,7-10,20,22-29,31-33H,5-6,11-15H2. The zero-order valence-electron chi connectivity index (χ0n) is 19.4. The van der Waals surface area contributed by atoms with E-state index in [2.05, 4.69) is 0 Å². The molecule has 0 radical (unpaired) electrons. The summed E-state index contributed by atoms with van der Waals surface area (Å²) in [6.07, 6.45) is -5.08. The van der Waals surface area contributed by atoms with Crippen LogP contribution in [0.3, 0.4) is 0 Å². The van der Waals surface area contributed by atoms with Crippen LogP contribution < -0.4 is 0 Å². The van der Waals surface area contributed by atoms with Gasteiger partial charge in [-0.3, -0.25) is 4.79 Å². The molecule has 1 heterocycles. The Balaban J connectivity index is 1.55. The predicted molar refractivity (Wildman–Crippen MR) is 126 cm³/mol. The second-order valence-electron chi connectivity index (χ2n) is 9.02. The largest absolute Gasteiger partial charge is 0.508 e. The number of aliphatic hydroxyl groups excluding tert-OH is 4. The van der Waals surface area contributed by atoms with E-state index in [0.29, 0.717) is 25.7 Å². The number of aliphatic hydroxyl groups is 4. The van der Waals surface area contributed by atoms with E-state index in [1.54, 1.807) is 48.5 Å². The molecule has 0 aliphatic carbocycles. The Morgan fingerprint density at radius 3 is 1.97 bits per heavy atom. The molecule has 35 heavy (non-hydrogen) atoms. The minimum Gasteiger partial charge on any atom is -0.508 e. The van der Waals surface area contributed by atoms with Gasteiger partial charge in [-0.2, -0.15) is 0 Å². The molecule has 1 saturated heterocycles. The van der Waals surface area contributed by atoms with Crippen molar-refractivity contribution in [2.24, 2.45) is 0 Å². The van der Waals surface area contributed by atoms with Gasteiger partial charge in [-0.05, 0) is 61.1 Å². The molecule has 6 unspecified atom stereocenters. The maximum Gasteiger partial charge on any atom is 0.186 e. The van der Waals surface area contributed by atoms with Crippen LogP contribution in [0.5, 0.6) is 11.5 Å². The molecule has 192 valence electrons. The number of aromatic hydroxyl groups is 2. The van der Waals surface area contributed by atoms with E-state index in [1.807, 2.05) is 0 Å². The van der Waals surface area contributed by atoms with Gasteiger partial charge in [0.05, 0.1) is 18.8 Å². The minimum atomic E-state index is -1.47. The van der Waals surface area contributed by atoms with Gasteiger partial charge < -0.3 is 40.1 Å². The topological polar surface area (TPSA) is 157 Å². The van der Waals surface area contributed by atoms with Crippen LogP contribution in [0.2, 0.25) is 0 Å². The van der Waals surface area contributed by atoms with Gasteiger partial charge in [-0.1, -0.05) is 24.3 Å². The number of benzene rings is 2. The first-order valence-corrected chi connectivity index (χ1v) is 11.8. The molecule has 3 rings (SSSR count). The second kappa shape index (κ2) is 13.0. The van der Waals surface area contributed by atoms with Crippen molar-refractivity contribution in [2.45, 2.75) is 75.3 Å². The van der Waals surface area contributed by atoms with E-state index in [0.717, 1.165) is 11.1 Å². The molecular weight excluding hydrogens is 456 g/mol. The fraction of sp³-hybridized carbons (Fsp3) is 0.500. The number of carbonyl (C=O) groups is 1. The van der Waals surface area contributed by atoms with E-state index in [-0.39, 0.29) is 36.7 Å². The van der Waals surface area contributed by atoms with Crippen molar-refractivity contribution in [3.8, 4) is 11.5 Å². The van der Waals surface area contributed by atoms with Crippen molar-refractivity contribution < 1.29 is 44.9 Å². The van der Waals surface area contributed by atoms with E-state index >= 15 is 0 Å². The quantitative estimate of drug-likeness (QED) is 0.257. The van der Waals surface area contributed by atoms with Gasteiger partial charge in [-0.25, -0.2) is 0 Å². The lowest BCUT2D eigenvalue weighted by Crippen LogP contribution is -2.54. The molecule has 0 spiro atoms. The molecule has 0 amide bonds. The number of Topliss-reactive ketones (excluding diaryl/α,β-unsaturated/α-hetero) is 1. The summed E-state index contributed by atoms with van der Waals surface area (Å²) < 4.78 is 11.2. The lowest BCUT2D eigenvalue weighted by atomic mass is 9.98. The lowest BCUT2D eigenvalue weighted by Gasteiger charge is -2.36. The summed E-state index contributed by atoms with van der Waals surface area (Å²) in [6, 6.07) is 13.3. The fourth-order valence-electron chi connectivity index (χ4n) is 4.00. The van der Waals surface area contributed by atoms with E-state index in [1.165, 1.54) is 0 Å². The number of phenolic OH excluding ortho intramolecular Hbond substituents is 2. The van der Waals surface area contributed by atoms with Crippen LogP contribution in [0.1, 0.15) is 36.8 Å². The number of hydrogen-bond donors (Lipinski definition) is 6. The zero-order valence-corrected chi connectivity index (χ0v) is 19.4. The molecule has 9 heteroatoms. The highest BCUT2D eigenvalue weighted by atomic mass is 16.7. The van der Waals surface area contributed by atoms with Gasteiger partial charge in [0.25, 0.3) is 0 Å². The van der Waals surface area contributed by atoms with Gasteiger partial charge in [0.2, 0.25) is 0 Å². The average Bonchev–Trinajstić information content (AvgIpc) is 2.83. The molecule has 0 aromatic heterocycles. The number of aryl methyl sites for hydroxylation is 2. The Kier molecular flexibility index (Phi) is 10.0. The van der Waals surface area contributed by atoms with Crippen LogP contribution in [0, 0.1) is 0 Å². The maximum absolute atomic E-state index is 12.7. The van der Waals surface area contributed by atoms with Crippen molar-refractivity contribution in [3.63, 3.8) is 0 Å². The first-order valence-electron chi connectivity index (χ1n) is 11.8. The van der Waals surface area contributed by atoms with E-state index < -0.39 is 36.8 Å². The average molecular weight is 491 g/mol. The number of hydrogen-bond acceptors (Lipinski definition) is 9. The molecular formula is C26H34O9. The maximum atomic E-state index is 12.7. The van der Waals surface area contributed by atoms with Gasteiger partial charge in [-0.15, -0.1) is 0 Å². The summed E-state index contributed by atoms with van der Waals surface area (Å²) in [6.45, 7) is -0.211. The molecule has 6 atom stereocenters. The van der Waals surface area contributed by atoms with Gasteiger partial charge in [0, 0.05) is 12.8 Å². The summed E-state index contributed by atoms with van der Waals surface area (Å²) in [4.78, 5) is 12.7. The first-order chi connectivity index (χ1) is 16.7. The molecule has 6 N–H and O–H groups in total. The van der Waals surface area contributed by atoms with Crippen molar-refractivity contribution in [2.75, 3.05) is 6.61 Å². The van der Waals surface area contributed by atoms with Crippen LogP contribution >= 0.6 is 0 Å². The Morgan fingerprint density at radius 1 is 0.857 bits per heavy atom. The van der Waals surface area contributed by atoms with Crippen molar-refractivity contribution >= 4 is 5.78 Å². The summed E-state index contributed by atoms with van der Waals surface area (Å²) in [5.74, 6) is 0.0889. The summed E-state index contributed by atoms with van der Waals surface area (Å²) >= 11 is 0. The summed E-state index contributed by atoms with van der Waals surface area (Å²) in [5, 5.41) is 59.0. The molecule has 2 aromatic carbocycles. The number of ether oxygens (including phenoxy) is 2. The van der Waals surface area contributed by atoms with Crippen molar-refractivity contribution in [1.82, 2.24) is 0 Å². The van der Waals surface area contributed by atoms with E-state index in [4.69, 9.17) is 9.47 Å². The molecule has 0 saturated carbocycles. The third-order valence-corrected chi connectivity index (χ3v) is 6.09. The number of phenols is 2. The van der Waals surface area contributed by atoms with Crippen molar-refractivity contribution in [3.05, 3.63) is 59.7 Å². The Labute approximate surface area is 204 Å². The highest BCUT2D eigenvalue weighted by Gasteiger charge is 2.39. The Bertz CT molecular complexity index is 915. The van der Waals surface area contributed by atoms with Crippen LogP contribution in [-0.2, 0) is 27.1 Å². The summed E-state index contributed by atoms with van der Waals surface area (Å²) in [7, 11) is 0. The second-order valence-corrected chi connectivity index (χ2v) is 9.02. The van der Waals surface area contributed by atoms with Crippen LogP contribution in [0.4, 0.5) is 0 Å². The van der Waals surface area contributed by atoms with Crippen molar-refractivity contribution in [1.29, 1.82) is 0 Å². The first kappa shape index (κ1) is 27.1. The number of rotatable bonds is 12. The van der Waals surface area contributed by atoms with Gasteiger partial charge in [0.1, 0.15) is 35.6 Å². The van der Waals surface area contributed by atoms with E-state index in [9.17, 15) is 35.4 Å². The SMILES string of the molecule is O=C(CC(O)CCc1ccc(O)cc1)CC(CCc1ccc(O)cc1)OC1OCC(O)C(O)C1O. The van der Waals surface area contributed by atoms with Crippen LogP contribution in [-0.4, -0.2) is 79.8 Å². The third kappa shape index (κ3) is 8.57. The third-order valence-electron chi connectivity index (χ3n) is 6.09. The molecule has 1 aliphatic heterocycles. The fourth-order valence-corrected chi connectivity index (χ4v) is 4.00. The minimum absolute atomic E-state index is 0.0282. The molecule has 1 aliphatic rings. The number of carbonyl (C=O) groups excluding carboxylic acids is 1. The molecule has 9 nitrogen and oxygen atoms in total. The zero-order chi connectivity index (χ0) is 25.4. The molecule has 0 bridgehead atoms. The lowest BCUT2D eigenvalue weighted by molar-refractivity contribution is -0.282. The normalized spacial score (nSPS) is 24.1. The number of ketones is 1. The van der Waals surface area contributed by atoms with Crippen LogP contribution in [0.25, 0.3) is 0 Å². The highest BCUT2D eigenvalue weighted by molar-refractivity contribution is 5.79. The summed E-state index contributed by atoms with van der Waals surface area (Å²) in [5.41, 5.74) is 1.85. The monoisotopic (exact) mass is 490 g/mol. The molecule has 2 aromatic rings. The van der Waals surface area contributed by atoms with Crippen LogP contribution in [0.15, 0.2) is 48.5 Å². The van der Waals surface area contributed by atoms with Gasteiger partial charge in [0.15, 0.2) is 6.29 Å². The predicted octanol–water partition coefficient (Wildman–Crippen LogP) is 1.20. The Hall–Kier alpha value is -2.53. The smallest absolute Gasteiger partial charge is 0.186 e. The highest BCUT2D eigenvalue weighted by Crippen LogP contribution is 2.22. The molecule has 1 fully saturated rings. The van der Waals surface area contributed by atoms with Gasteiger partial charge >= 0.3 is 0 Å². The Morgan fingerprint density at radius 2 is 1.40 bits per heavy atom.